The summed E-state index contributed by atoms with van der Waals surface area (Å²) in [6.07, 6.45) is 5.28. The van der Waals surface area contributed by atoms with Crippen LogP contribution in [0.1, 0.15) is 0 Å². The molecule has 4 rings (SSSR count). The normalized spacial score (nSPS) is 11.2. The van der Waals surface area contributed by atoms with Crippen LogP contribution in [0.25, 0.3) is 33.2 Å². The number of fused-ring (bicyclic) bond motifs is 2. The molecule has 0 aliphatic heterocycles. The van der Waals surface area contributed by atoms with Gasteiger partial charge >= 0.3 is 0 Å². The monoisotopic (exact) mass is 246 g/mol. The van der Waals surface area contributed by atoms with Crippen LogP contribution in [0.3, 0.4) is 0 Å². The maximum Gasteiger partial charge on any atom is 0.115 e. The standard InChI is InChI=1S/C15H10N4/c1-3-10-4-2-7-16-13(10)11(5-1)14-15-12(6-8-17-14)18-9-19-15/h1-9H,(H,18,19). The van der Waals surface area contributed by atoms with Gasteiger partial charge in [0.1, 0.15) is 11.2 Å². The number of H-pyrrole nitrogens is 1. The van der Waals surface area contributed by atoms with Crippen molar-refractivity contribution in [2.75, 3.05) is 0 Å². The number of hydrogen-bond acceptors (Lipinski definition) is 3. The summed E-state index contributed by atoms with van der Waals surface area (Å²) in [6.45, 7) is 0. The van der Waals surface area contributed by atoms with Gasteiger partial charge in [-0.2, -0.15) is 0 Å². The third-order valence-corrected chi connectivity index (χ3v) is 3.23. The van der Waals surface area contributed by atoms with Gasteiger partial charge in [-0.15, -0.1) is 0 Å². The van der Waals surface area contributed by atoms with Gasteiger partial charge in [0.05, 0.1) is 17.4 Å². The minimum atomic E-state index is 0.864. The smallest absolute Gasteiger partial charge is 0.115 e. The molecule has 0 aliphatic rings. The predicted octanol–water partition coefficient (Wildman–Crippen LogP) is 3.17. The van der Waals surface area contributed by atoms with Crippen molar-refractivity contribution in [1.82, 2.24) is 19.9 Å². The lowest BCUT2D eigenvalue weighted by atomic mass is 10.1. The summed E-state index contributed by atoms with van der Waals surface area (Å²) in [5.41, 5.74) is 4.69. The predicted molar refractivity (Wildman–Crippen MR) is 74.6 cm³/mol. The number of pyridine rings is 2. The molecule has 1 aromatic carbocycles. The molecule has 0 bridgehead atoms. The number of benzene rings is 1. The SMILES string of the molecule is c1cnc2c(-c3nccc4[nH]cnc34)cccc2c1. The van der Waals surface area contributed by atoms with E-state index in [1.54, 1.807) is 18.7 Å². The molecule has 0 fully saturated rings. The molecular weight excluding hydrogens is 236 g/mol. The van der Waals surface area contributed by atoms with Crippen molar-refractivity contribution < 1.29 is 0 Å². The molecule has 4 heteroatoms. The van der Waals surface area contributed by atoms with Crippen molar-refractivity contribution in [2.45, 2.75) is 0 Å². The Morgan fingerprint density at radius 1 is 0.789 bits per heavy atom. The molecule has 3 heterocycles. The summed E-state index contributed by atoms with van der Waals surface area (Å²) in [5.74, 6) is 0. The Kier molecular flexibility index (Phi) is 2.08. The lowest BCUT2D eigenvalue weighted by Crippen LogP contribution is -1.89. The van der Waals surface area contributed by atoms with E-state index in [9.17, 15) is 0 Å². The Morgan fingerprint density at radius 3 is 2.74 bits per heavy atom. The molecule has 0 saturated heterocycles. The van der Waals surface area contributed by atoms with Crippen LogP contribution < -0.4 is 0 Å². The van der Waals surface area contributed by atoms with E-state index in [0.29, 0.717) is 0 Å². The third kappa shape index (κ3) is 1.50. The van der Waals surface area contributed by atoms with Crippen LogP contribution in [0.15, 0.2) is 55.1 Å². The van der Waals surface area contributed by atoms with Crippen LogP contribution in [0, 0.1) is 0 Å². The van der Waals surface area contributed by atoms with Crippen molar-refractivity contribution >= 4 is 21.9 Å². The molecular formula is C15H10N4. The molecule has 0 radical (unpaired) electrons. The highest BCUT2D eigenvalue weighted by Gasteiger charge is 2.10. The molecule has 4 nitrogen and oxygen atoms in total. The van der Waals surface area contributed by atoms with E-state index in [1.165, 1.54) is 0 Å². The first-order chi connectivity index (χ1) is 9.43. The first kappa shape index (κ1) is 10.2. The fourth-order valence-electron chi connectivity index (χ4n) is 2.36. The number of rotatable bonds is 1. The molecule has 3 aromatic heterocycles. The molecule has 0 spiro atoms. The summed E-state index contributed by atoms with van der Waals surface area (Å²) < 4.78 is 0. The highest BCUT2D eigenvalue weighted by atomic mass is 14.9. The van der Waals surface area contributed by atoms with Gasteiger partial charge in [0.25, 0.3) is 0 Å². The number of nitrogens with one attached hydrogen (secondary N) is 1. The van der Waals surface area contributed by atoms with Gasteiger partial charge in [0, 0.05) is 23.3 Å². The van der Waals surface area contributed by atoms with Gasteiger partial charge in [-0.05, 0) is 12.1 Å². The summed E-state index contributed by atoms with van der Waals surface area (Å²) in [4.78, 5) is 16.4. The molecule has 1 N–H and O–H groups in total. The summed E-state index contributed by atoms with van der Waals surface area (Å²) in [6, 6.07) is 12.0. The van der Waals surface area contributed by atoms with E-state index in [1.807, 2.05) is 24.3 Å². The fourth-order valence-corrected chi connectivity index (χ4v) is 2.36. The van der Waals surface area contributed by atoms with E-state index in [-0.39, 0.29) is 0 Å². The van der Waals surface area contributed by atoms with Gasteiger partial charge in [-0.25, -0.2) is 4.98 Å². The highest BCUT2D eigenvalue weighted by molar-refractivity contribution is 5.99. The van der Waals surface area contributed by atoms with Crippen molar-refractivity contribution in [3.63, 3.8) is 0 Å². The second kappa shape index (κ2) is 3.88. The zero-order valence-electron chi connectivity index (χ0n) is 10.0. The zero-order chi connectivity index (χ0) is 12.7. The maximum absolute atomic E-state index is 4.48. The minimum Gasteiger partial charge on any atom is -0.344 e. The number of hydrogen-bond donors (Lipinski definition) is 1. The molecule has 0 unspecified atom stereocenters. The zero-order valence-corrected chi connectivity index (χ0v) is 10.0. The number of aromatic nitrogens is 4. The molecule has 0 saturated carbocycles. The Balaban J connectivity index is 2.12. The van der Waals surface area contributed by atoms with Crippen LogP contribution in [-0.4, -0.2) is 19.9 Å². The Bertz CT molecular complexity index is 874. The van der Waals surface area contributed by atoms with Gasteiger partial charge in [0.15, 0.2) is 0 Å². The second-order valence-electron chi connectivity index (χ2n) is 4.34. The quantitative estimate of drug-likeness (QED) is 0.561. The minimum absolute atomic E-state index is 0.864. The Hall–Kier alpha value is -2.75. The molecule has 90 valence electrons. The van der Waals surface area contributed by atoms with Crippen LogP contribution >= 0.6 is 0 Å². The number of imidazole rings is 1. The lowest BCUT2D eigenvalue weighted by molar-refractivity contribution is 1.32. The van der Waals surface area contributed by atoms with Gasteiger partial charge in [-0.3, -0.25) is 9.97 Å². The Labute approximate surface area is 109 Å². The van der Waals surface area contributed by atoms with Crippen molar-refractivity contribution in [2.24, 2.45) is 0 Å². The molecule has 4 aromatic rings. The van der Waals surface area contributed by atoms with Crippen LogP contribution in [0.4, 0.5) is 0 Å². The van der Waals surface area contributed by atoms with Gasteiger partial charge < -0.3 is 4.98 Å². The Morgan fingerprint density at radius 2 is 1.74 bits per heavy atom. The average molecular weight is 246 g/mol. The summed E-state index contributed by atoms with van der Waals surface area (Å²) in [5, 5.41) is 1.11. The first-order valence-corrected chi connectivity index (χ1v) is 6.06. The van der Waals surface area contributed by atoms with E-state index >= 15 is 0 Å². The number of aromatic amines is 1. The summed E-state index contributed by atoms with van der Waals surface area (Å²) in [7, 11) is 0. The lowest BCUT2D eigenvalue weighted by Gasteiger charge is -2.05. The van der Waals surface area contributed by atoms with E-state index in [4.69, 9.17) is 0 Å². The van der Waals surface area contributed by atoms with Crippen LogP contribution in [0.2, 0.25) is 0 Å². The number of para-hydroxylation sites is 1. The average Bonchev–Trinajstić information content (AvgIpc) is 2.95. The summed E-state index contributed by atoms with van der Waals surface area (Å²) >= 11 is 0. The maximum atomic E-state index is 4.48. The molecule has 0 amide bonds. The van der Waals surface area contributed by atoms with E-state index < -0.39 is 0 Å². The van der Waals surface area contributed by atoms with Crippen molar-refractivity contribution in [1.29, 1.82) is 0 Å². The van der Waals surface area contributed by atoms with Crippen molar-refractivity contribution in [3.8, 4) is 11.3 Å². The van der Waals surface area contributed by atoms with Gasteiger partial charge in [-0.1, -0.05) is 24.3 Å². The second-order valence-corrected chi connectivity index (χ2v) is 4.34. The molecule has 0 atom stereocenters. The van der Waals surface area contributed by atoms with Gasteiger partial charge in [0.2, 0.25) is 0 Å². The topological polar surface area (TPSA) is 54.5 Å². The third-order valence-electron chi connectivity index (χ3n) is 3.23. The van der Waals surface area contributed by atoms with E-state index in [2.05, 4.69) is 32.1 Å². The van der Waals surface area contributed by atoms with Crippen LogP contribution in [-0.2, 0) is 0 Å². The molecule has 19 heavy (non-hydrogen) atoms. The van der Waals surface area contributed by atoms with Crippen LogP contribution in [0.5, 0.6) is 0 Å². The fraction of sp³-hybridized carbons (Fsp3) is 0. The van der Waals surface area contributed by atoms with E-state index in [0.717, 1.165) is 33.2 Å². The number of nitrogens with zero attached hydrogens (tertiary/aromatic N) is 3. The first-order valence-electron chi connectivity index (χ1n) is 6.06. The molecule has 0 aliphatic carbocycles. The largest absolute Gasteiger partial charge is 0.344 e. The highest BCUT2D eigenvalue weighted by Crippen LogP contribution is 2.29. The van der Waals surface area contributed by atoms with Crippen molar-refractivity contribution in [3.05, 3.63) is 55.1 Å².